The molecular weight excluding hydrogens is 752 g/mol. The van der Waals surface area contributed by atoms with E-state index in [1.807, 2.05) is 34.1 Å². The van der Waals surface area contributed by atoms with Gasteiger partial charge in [0.2, 0.25) is 11.8 Å². The van der Waals surface area contributed by atoms with Gasteiger partial charge in [0.15, 0.2) is 0 Å². The molecule has 7 rings (SSSR count). The van der Waals surface area contributed by atoms with Gasteiger partial charge >= 0.3 is 6.03 Å². The Morgan fingerprint density at radius 1 is 0.939 bits per heavy atom. The van der Waals surface area contributed by atoms with Crippen molar-refractivity contribution in [3.05, 3.63) is 56.5 Å². The van der Waals surface area contributed by atoms with Gasteiger partial charge in [0, 0.05) is 44.3 Å². The third kappa shape index (κ3) is 8.29. The van der Waals surface area contributed by atoms with Gasteiger partial charge in [-0.2, -0.15) is 0 Å². The van der Waals surface area contributed by atoms with E-state index in [0.717, 1.165) is 47.9 Å². The number of fused-ring (bicyclic) bond motifs is 1. The largest absolute Gasteiger partial charge is 0.506 e. The second kappa shape index (κ2) is 15.3. The summed E-state index contributed by atoms with van der Waals surface area (Å²) in [4.78, 5) is 47.6. The van der Waals surface area contributed by atoms with Crippen molar-refractivity contribution < 1.29 is 19.5 Å². The lowest BCUT2D eigenvalue weighted by atomic mass is 9.78. The summed E-state index contributed by atoms with van der Waals surface area (Å²) in [6.07, 6.45) is 8.83. The number of nitrogens with one attached hydrogen (secondary N) is 3. The number of hydrogen-bond donors (Lipinski definition) is 4. The molecule has 10 nitrogen and oxygen atoms in total. The summed E-state index contributed by atoms with van der Waals surface area (Å²) in [5.41, 5.74) is 2.71. The van der Waals surface area contributed by atoms with Gasteiger partial charge in [-0.25, -0.2) is 4.79 Å². The van der Waals surface area contributed by atoms with E-state index in [1.54, 1.807) is 12.1 Å². The van der Waals surface area contributed by atoms with Crippen LogP contribution in [0.15, 0.2) is 45.3 Å². The lowest BCUT2D eigenvalue weighted by Gasteiger charge is -2.41. The van der Waals surface area contributed by atoms with Gasteiger partial charge in [-0.15, -0.1) is 0 Å². The number of urea groups is 1. The van der Waals surface area contributed by atoms with Crippen LogP contribution in [0.25, 0.3) is 0 Å². The minimum Gasteiger partial charge on any atom is -0.506 e. The summed E-state index contributed by atoms with van der Waals surface area (Å²) in [6, 6.07) is 9.87. The number of carbonyl (C=O) groups is 3. The Balaban J connectivity index is 0.996. The van der Waals surface area contributed by atoms with Gasteiger partial charge in [0.1, 0.15) is 11.8 Å². The highest BCUT2D eigenvalue weighted by Crippen LogP contribution is 2.36. The second-order valence-electron chi connectivity index (χ2n) is 14.8. The lowest BCUT2D eigenvalue weighted by Crippen LogP contribution is -2.59. The highest BCUT2D eigenvalue weighted by Gasteiger charge is 2.38. The Labute approximate surface area is 306 Å². The number of rotatable bonds is 9. The quantitative estimate of drug-likeness (QED) is 0.268. The molecule has 0 aromatic heterocycles. The first-order chi connectivity index (χ1) is 23.7. The van der Waals surface area contributed by atoms with Crippen molar-refractivity contribution in [1.82, 2.24) is 25.3 Å². The van der Waals surface area contributed by atoms with Crippen molar-refractivity contribution in [2.45, 2.75) is 82.5 Å². The number of phenolic OH excluding ortho intramolecular Hbond substituents is 1. The zero-order valence-corrected chi connectivity index (χ0v) is 31.2. The van der Waals surface area contributed by atoms with E-state index in [2.05, 4.69) is 52.7 Å². The summed E-state index contributed by atoms with van der Waals surface area (Å²) in [5, 5.41) is 19.8. The number of carbonyl (C=O) groups excluding carboxylic acids is 3. The van der Waals surface area contributed by atoms with Gasteiger partial charge in [-0.3, -0.25) is 9.59 Å². The van der Waals surface area contributed by atoms with Crippen LogP contribution in [0.3, 0.4) is 0 Å². The molecule has 2 unspecified atom stereocenters. The summed E-state index contributed by atoms with van der Waals surface area (Å²) in [5.74, 6) is 2.11. The molecule has 0 radical (unpaired) electrons. The first-order valence-electron chi connectivity index (χ1n) is 18.1. The van der Waals surface area contributed by atoms with Crippen LogP contribution in [0, 0.1) is 17.8 Å². The van der Waals surface area contributed by atoms with E-state index < -0.39 is 12.1 Å². The minimum absolute atomic E-state index is 0.0641. The molecule has 3 atom stereocenters. The summed E-state index contributed by atoms with van der Waals surface area (Å²) in [7, 11) is 0. The van der Waals surface area contributed by atoms with Crippen LogP contribution < -0.4 is 16.0 Å². The molecule has 1 aliphatic carbocycles. The molecule has 12 heteroatoms. The van der Waals surface area contributed by atoms with Crippen LogP contribution in [0.4, 0.5) is 10.5 Å². The fraction of sp³-hybridized carbons (Fsp3) is 0.595. The minimum atomic E-state index is -0.759. The Kier molecular flexibility index (Phi) is 10.8. The zero-order chi connectivity index (χ0) is 34.1. The van der Waals surface area contributed by atoms with Gasteiger partial charge in [0.25, 0.3) is 0 Å². The predicted octanol–water partition coefficient (Wildman–Crippen LogP) is 5.47. The molecule has 1 saturated carbocycles. The van der Waals surface area contributed by atoms with Crippen molar-refractivity contribution in [2.24, 2.45) is 17.8 Å². The fourth-order valence-corrected chi connectivity index (χ4v) is 9.71. The Hall–Kier alpha value is -2.67. The van der Waals surface area contributed by atoms with Gasteiger partial charge in [-0.1, -0.05) is 18.2 Å². The number of halogens is 2. The van der Waals surface area contributed by atoms with Gasteiger partial charge < -0.3 is 35.8 Å². The Morgan fingerprint density at radius 3 is 2.31 bits per heavy atom. The molecule has 3 saturated heterocycles. The molecule has 0 bridgehead atoms. The molecule has 5 aliphatic rings. The number of amides is 4. The second-order valence-corrected chi connectivity index (χ2v) is 16.5. The van der Waals surface area contributed by atoms with Crippen LogP contribution in [0.2, 0.25) is 0 Å². The van der Waals surface area contributed by atoms with Crippen molar-refractivity contribution >= 4 is 55.4 Å². The van der Waals surface area contributed by atoms with E-state index >= 15 is 0 Å². The van der Waals surface area contributed by atoms with Crippen LogP contribution in [-0.2, 0) is 22.6 Å². The number of hydrogen-bond acceptors (Lipinski definition) is 6. The number of phenols is 1. The molecule has 4 amide bonds. The van der Waals surface area contributed by atoms with Crippen LogP contribution in [-0.4, -0.2) is 95.0 Å². The third-order valence-corrected chi connectivity index (χ3v) is 12.7. The van der Waals surface area contributed by atoms with E-state index in [-0.39, 0.29) is 29.6 Å². The number of benzene rings is 2. The molecule has 2 aromatic rings. The van der Waals surface area contributed by atoms with Crippen molar-refractivity contribution in [3.8, 4) is 5.75 Å². The van der Waals surface area contributed by atoms with E-state index in [9.17, 15) is 19.5 Å². The molecule has 4 fully saturated rings. The topological polar surface area (TPSA) is 117 Å². The summed E-state index contributed by atoms with van der Waals surface area (Å²) >= 11 is 6.85. The first kappa shape index (κ1) is 34.8. The standard InChI is InChI=1S/C37H48Br2N6O4/c38-29-17-24(18-30(39)34(29)46)19-33(36(48)44-15-10-26(11-16-44)25-8-13-43(14-9-25)21-23-5-6-23)41-35(47)32-20-28(7-12-40-32)45-22-27-3-1-2-4-31(27)42-37(45)49/h1-4,17-18,23,25-26,28,32-33,40,46H,5-16,19-22H2,(H,41,47)(H,42,49)/t28?,32?,33-/m1/s1. The normalized spacial score (nSPS) is 24.7. The number of aromatic hydroxyl groups is 1. The molecule has 2 aromatic carbocycles. The maximum Gasteiger partial charge on any atom is 0.322 e. The van der Waals surface area contributed by atoms with Crippen LogP contribution >= 0.6 is 31.9 Å². The third-order valence-electron chi connectivity index (χ3n) is 11.5. The van der Waals surface area contributed by atoms with Gasteiger partial charge in [0.05, 0.1) is 15.0 Å². The van der Waals surface area contributed by atoms with E-state index in [4.69, 9.17) is 0 Å². The number of anilines is 1. The van der Waals surface area contributed by atoms with Crippen molar-refractivity contribution in [1.29, 1.82) is 0 Å². The maximum atomic E-state index is 14.2. The van der Waals surface area contributed by atoms with Crippen LogP contribution in [0.1, 0.15) is 62.5 Å². The molecule has 0 spiro atoms. The zero-order valence-electron chi connectivity index (χ0n) is 28.0. The average Bonchev–Trinajstić information content (AvgIpc) is 3.94. The monoisotopic (exact) mass is 798 g/mol. The number of piperidine rings is 3. The average molecular weight is 801 g/mol. The van der Waals surface area contributed by atoms with E-state index in [0.29, 0.717) is 53.9 Å². The lowest BCUT2D eigenvalue weighted by molar-refractivity contribution is -0.138. The SMILES string of the molecule is O=C(N[C@H](Cc1cc(Br)c(O)c(Br)c1)C(=O)N1CCC(C2CCN(CC3CC3)CC2)CC1)C1CC(N2Cc3ccccc3NC2=O)CCN1. The number of nitrogens with zero attached hydrogens (tertiary/aromatic N) is 3. The molecule has 4 aliphatic heterocycles. The summed E-state index contributed by atoms with van der Waals surface area (Å²) in [6.45, 7) is 6.20. The fourth-order valence-electron chi connectivity index (χ4n) is 8.43. The molecule has 49 heavy (non-hydrogen) atoms. The first-order valence-corrected chi connectivity index (χ1v) is 19.7. The van der Waals surface area contributed by atoms with Crippen molar-refractivity contribution in [2.75, 3.05) is 44.6 Å². The highest BCUT2D eigenvalue weighted by molar-refractivity contribution is 9.11. The van der Waals surface area contributed by atoms with E-state index in [1.165, 1.54) is 45.3 Å². The predicted molar refractivity (Wildman–Crippen MR) is 196 cm³/mol. The number of likely N-dealkylation sites (tertiary alicyclic amines) is 2. The smallest absolute Gasteiger partial charge is 0.322 e. The van der Waals surface area contributed by atoms with Crippen LogP contribution in [0.5, 0.6) is 5.75 Å². The molecule has 4 N–H and O–H groups in total. The maximum absolute atomic E-state index is 14.2. The van der Waals surface area contributed by atoms with Gasteiger partial charge in [-0.05, 0) is 150 Å². The highest BCUT2D eigenvalue weighted by atomic mass is 79.9. The van der Waals surface area contributed by atoms with Crippen molar-refractivity contribution in [3.63, 3.8) is 0 Å². The number of para-hydroxylation sites is 1. The molecule has 4 heterocycles. The Morgan fingerprint density at radius 2 is 1.61 bits per heavy atom. The summed E-state index contributed by atoms with van der Waals surface area (Å²) < 4.78 is 1.05. The molecular formula is C37H48Br2N6O4. The molecule has 264 valence electrons. The Bertz CT molecular complexity index is 1520.